The minimum absolute atomic E-state index is 0.427. The molecule has 9 nitrogen and oxygen atoms in total. The maximum Gasteiger partial charge on any atom is 0.413 e. The molecule has 10 heteroatoms. The Morgan fingerprint density at radius 1 is 1.48 bits per heavy atom. The molecule has 1 fully saturated rings. The number of amides is 1. The van der Waals surface area contributed by atoms with E-state index in [0.29, 0.717) is 4.57 Å². The molecule has 128 valence electrons. The summed E-state index contributed by atoms with van der Waals surface area (Å²) in [7, 11) is 0. The van der Waals surface area contributed by atoms with Crippen LogP contribution in [0.2, 0.25) is 0 Å². The van der Waals surface area contributed by atoms with Crippen molar-refractivity contribution in [1.82, 2.24) is 9.55 Å². The molecule has 1 aromatic rings. The summed E-state index contributed by atoms with van der Waals surface area (Å²) in [4.78, 5) is 26.8. The number of ether oxygens (including phenoxy) is 2. The summed E-state index contributed by atoms with van der Waals surface area (Å²) >= 11 is 0. The Morgan fingerprint density at radius 2 is 2.13 bits per heavy atom. The fourth-order valence-corrected chi connectivity index (χ4v) is 2.11. The molecule has 0 saturated carbocycles. The monoisotopic (exact) mass is 331 g/mol. The third kappa shape index (κ3) is 3.66. The van der Waals surface area contributed by atoms with Crippen LogP contribution < -0.4 is 11.0 Å². The van der Waals surface area contributed by atoms with Crippen molar-refractivity contribution >= 4 is 11.9 Å². The summed E-state index contributed by atoms with van der Waals surface area (Å²) in [6.07, 6.45) is -5.27. The van der Waals surface area contributed by atoms with Crippen molar-refractivity contribution in [3.8, 4) is 0 Å². The average molecular weight is 331 g/mol. The lowest BCUT2D eigenvalue weighted by Crippen LogP contribution is -2.36. The van der Waals surface area contributed by atoms with Crippen LogP contribution in [0.1, 0.15) is 27.0 Å². The van der Waals surface area contributed by atoms with E-state index in [9.17, 15) is 24.2 Å². The molecule has 0 radical (unpaired) electrons. The summed E-state index contributed by atoms with van der Waals surface area (Å²) in [6, 6.07) is 0. The highest BCUT2D eigenvalue weighted by Gasteiger charge is 2.42. The predicted octanol–water partition coefficient (Wildman–Crippen LogP) is -0.0216. The molecule has 1 amide bonds. The van der Waals surface area contributed by atoms with Crippen molar-refractivity contribution in [2.75, 3.05) is 5.32 Å². The van der Waals surface area contributed by atoms with Gasteiger partial charge >= 0.3 is 11.8 Å². The fraction of sp³-hybridized carbons (Fsp3) is 0.615. The van der Waals surface area contributed by atoms with Crippen molar-refractivity contribution in [3.05, 3.63) is 22.5 Å². The number of nitrogens with zero attached hydrogens (tertiary/aromatic N) is 2. The lowest BCUT2D eigenvalue weighted by Gasteiger charge is -2.17. The molecule has 1 aliphatic rings. The summed E-state index contributed by atoms with van der Waals surface area (Å²) < 4.78 is 24.7. The number of halogens is 1. The van der Waals surface area contributed by atoms with Crippen LogP contribution in [-0.4, -0.2) is 50.3 Å². The minimum atomic E-state index is -1.41. The van der Waals surface area contributed by atoms with Gasteiger partial charge in [-0.25, -0.2) is 14.0 Å². The van der Waals surface area contributed by atoms with Gasteiger partial charge in [-0.1, -0.05) is 0 Å². The molecule has 0 spiro atoms. The van der Waals surface area contributed by atoms with Crippen LogP contribution in [0.5, 0.6) is 0 Å². The van der Waals surface area contributed by atoms with Crippen molar-refractivity contribution in [3.63, 3.8) is 0 Å². The maximum atomic E-state index is 14.0. The Balaban J connectivity index is 2.24. The molecule has 1 aliphatic heterocycles. The minimum Gasteiger partial charge on any atom is -0.447 e. The van der Waals surface area contributed by atoms with Crippen LogP contribution in [0, 0.1) is 5.82 Å². The quantitative estimate of drug-likeness (QED) is 0.711. The molecular weight excluding hydrogens is 313 g/mol. The first kappa shape index (κ1) is 17.3. The number of aromatic nitrogens is 2. The Labute approximate surface area is 130 Å². The summed E-state index contributed by atoms with van der Waals surface area (Å²) in [5.41, 5.74) is -0.961. The lowest BCUT2D eigenvalue weighted by atomic mass is 10.1. The second-order valence-electron chi connectivity index (χ2n) is 5.42. The Kier molecular flexibility index (Phi) is 4.97. The molecule has 1 aromatic heterocycles. The van der Waals surface area contributed by atoms with Gasteiger partial charge < -0.3 is 19.7 Å². The van der Waals surface area contributed by atoms with Gasteiger partial charge in [0.2, 0.25) is 0 Å². The van der Waals surface area contributed by atoms with E-state index in [1.54, 1.807) is 13.8 Å². The molecule has 0 aliphatic carbocycles. The molecule has 0 aromatic carbocycles. The maximum absolute atomic E-state index is 14.0. The first-order valence-corrected chi connectivity index (χ1v) is 6.98. The van der Waals surface area contributed by atoms with E-state index in [1.807, 2.05) is 5.32 Å². The van der Waals surface area contributed by atoms with Crippen LogP contribution >= 0.6 is 0 Å². The average Bonchev–Trinajstić information content (AvgIpc) is 2.69. The Bertz CT molecular complexity index is 649. The van der Waals surface area contributed by atoms with Crippen molar-refractivity contribution in [2.24, 2.45) is 0 Å². The fourth-order valence-electron chi connectivity index (χ4n) is 2.11. The van der Waals surface area contributed by atoms with Crippen LogP contribution in [0.25, 0.3) is 0 Å². The molecule has 23 heavy (non-hydrogen) atoms. The van der Waals surface area contributed by atoms with Crippen LogP contribution in [-0.2, 0) is 9.47 Å². The smallest absolute Gasteiger partial charge is 0.413 e. The predicted molar refractivity (Wildman–Crippen MR) is 75.3 cm³/mol. The second-order valence-corrected chi connectivity index (χ2v) is 5.42. The summed E-state index contributed by atoms with van der Waals surface area (Å²) in [6.45, 7) is 4.71. The van der Waals surface area contributed by atoms with Gasteiger partial charge in [-0.15, -0.1) is 0 Å². The Morgan fingerprint density at radius 3 is 2.65 bits per heavy atom. The van der Waals surface area contributed by atoms with E-state index < -0.39 is 54.1 Å². The summed E-state index contributed by atoms with van der Waals surface area (Å²) in [5, 5.41) is 21.5. The standard InChI is InChI=1S/C13H18FN3O6/c1-5(2)22-13(21)16-10-7(14)4-17(12(20)15-10)11-9(19)8(18)6(3)23-11/h4-6,8-9,11,18-19H,1-3H3,(H,15,16,20,21)/t6-,8-,9-,11-/m0/s1. The number of carbonyl (C=O) groups is 1. The van der Waals surface area contributed by atoms with Gasteiger partial charge in [0.25, 0.3) is 0 Å². The molecule has 3 N–H and O–H groups in total. The third-order valence-electron chi connectivity index (χ3n) is 3.22. The largest absolute Gasteiger partial charge is 0.447 e. The lowest BCUT2D eigenvalue weighted by molar-refractivity contribution is -0.0355. The van der Waals surface area contributed by atoms with Gasteiger partial charge in [-0.2, -0.15) is 4.98 Å². The van der Waals surface area contributed by atoms with Crippen LogP contribution in [0.15, 0.2) is 11.0 Å². The van der Waals surface area contributed by atoms with Gasteiger partial charge in [0.1, 0.15) is 12.2 Å². The molecule has 2 rings (SSSR count). The van der Waals surface area contributed by atoms with Crippen molar-refractivity contribution < 1.29 is 28.9 Å². The van der Waals surface area contributed by atoms with Crippen LogP contribution in [0.3, 0.4) is 0 Å². The van der Waals surface area contributed by atoms with Gasteiger partial charge in [0.15, 0.2) is 17.9 Å². The number of aliphatic hydroxyl groups is 2. The number of anilines is 1. The zero-order valence-corrected chi connectivity index (χ0v) is 12.8. The number of nitrogens with one attached hydrogen (secondary N) is 1. The van der Waals surface area contributed by atoms with E-state index in [-0.39, 0.29) is 0 Å². The highest BCUT2D eigenvalue weighted by Crippen LogP contribution is 2.28. The first-order valence-electron chi connectivity index (χ1n) is 6.98. The molecule has 4 atom stereocenters. The zero-order chi connectivity index (χ0) is 17.3. The van der Waals surface area contributed by atoms with Crippen molar-refractivity contribution in [2.45, 2.75) is 51.4 Å². The number of hydrogen-bond acceptors (Lipinski definition) is 7. The van der Waals surface area contributed by atoms with E-state index in [0.717, 1.165) is 6.20 Å². The van der Waals surface area contributed by atoms with Gasteiger partial charge in [0.05, 0.1) is 18.4 Å². The normalized spacial score (nSPS) is 27.3. The molecule has 1 saturated heterocycles. The number of aliphatic hydroxyl groups excluding tert-OH is 2. The summed E-state index contributed by atoms with van der Waals surface area (Å²) in [5.74, 6) is -1.62. The molecule has 2 heterocycles. The third-order valence-corrected chi connectivity index (χ3v) is 3.22. The zero-order valence-electron chi connectivity index (χ0n) is 12.8. The topological polar surface area (TPSA) is 123 Å². The molecular formula is C13H18FN3O6. The highest BCUT2D eigenvalue weighted by molar-refractivity contribution is 5.83. The molecule has 0 bridgehead atoms. The number of carbonyl (C=O) groups excluding carboxylic acids is 1. The van der Waals surface area contributed by atoms with E-state index >= 15 is 0 Å². The second kappa shape index (κ2) is 6.60. The van der Waals surface area contributed by atoms with Crippen LogP contribution in [0.4, 0.5) is 15.0 Å². The molecule has 0 unspecified atom stereocenters. The van der Waals surface area contributed by atoms with E-state index in [4.69, 9.17) is 9.47 Å². The number of hydrogen-bond donors (Lipinski definition) is 3. The van der Waals surface area contributed by atoms with Gasteiger partial charge in [-0.3, -0.25) is 9.88 Å². The Hall–Kier alpha value is -2.04. The SMILES string of the molecule is CC(C)OC(=O)Nc1nc(=O)n([C@H]2O[C@@H](C)[C@H](O)[C@@H]2O)cc1F. The van der Waals surface area contributed by atoms with Gasteiger partial charge in [-0.05, 0) is 20.8 Å². The van der Waals surface area contributed by atoms with Crippen molar-refractivity contribution in [1.29, 1.82) is 0 Å². The highest BCUT2D eigenvalue weighted by atomic mass is 19.1. The number of rotatable bonds is 3. The van der Waals surface area contributed by atoms with E-state index in [1.165, 1.54) is 6.92 Å². The van der Waals surface area contributed by atoms with E-state index in [2.05, 4.69) is 4.98 Å². The first-order chi connectivity index (χ1) is 10.7. The van der Waals surface area contributed by atoms with Gasteiger partial charge in [0, 0.05) is 0 Å².